The number of aromatic hydroxyl groups is 1. The van der Waals surface area contributed by atoms with Crippen molar-refractivity contribution in [1.29, 1.82) is 0 Å². The van der Waals surface area contributed by atoms with E-state index in [1.165, 1.54) is 4.90 Å². The molecule has 74 heavy (non-hydrogen) atoms. The number of benzene rings is 2. The van der Waals surface area contributed by atoms with Gasteiger partial charge < -0.3 is 55.3 Å². The average Bonchev–Trinajstić information content (AvgIpc) is 3.96. The zero-order valence-electron chi connectivity index (χ0n) is 42.2. The molecule has 10 rings (SSSR count). The van der Waals surface area contributed by atoms with Crippen LogP contribution in [0, 0.1) is 23.2 Å². The Hall–Kier alpha value is -7.14. The highest BCUT2D eigenvalue weighted by atomic mass is 16.5. The van der Waals surface area contributed by atoms with Gasteiger partial charge in [0.15, 0.2) is 5.65 Å². The summed E-state index contributed by atoms with van der Waals surface area (Å²) >= 11 is 0. The number of aromatic nitrogens is 5. The third-order valence-electron chi connectivity index (χ3n) is 16.3. The van der Waals surface area contributed by atoms with Gasteiger partial charge in [0.05, 0.1) is 17.8 Å². The van der Waals surface area contributed by atoms with Crippen molar-refractivity contribution >= 4 is 40.8 Å². The van der Waals surface area contributed by atoms with Gasteiger partial charge in [-0.2, -0.15) is 0 Å². The fraction of sp³-hybridized carbons (Fsp3) is 0.491. The first-order valence-corrected chi connectivity index (χ1v) is 25.7. The van der Waals surface area contributed by atoms with Gasteiger partial charge in [-0.1, -0.05) is 44.0 Å². The van der Waals surface area contributed by atoms with Gasteiger partial charge in [-0.05, 0) is 105 Å². The average molecular weight is 1010 g/mol. The molecule has 4 aliphatic heterocycles. The number of carboxylic acids is 1. The Morgan fingerprint density at radius 3 is 2.45 bits per heavy atom. The molecule has 1 aliphatic carbocycles. The Labute approximate surface area is 430 Å². The van der Waals surface area contributed by atoms with E-state index in [9.17, 15) is 29.4 Å². The summed E-state index contributed by atoms with van der Waals surface area (Å²) in [6.45, 7) is 9.26. The predicted molar refractivity (Wildman–Crippen MR) is 275 cm³/mol. The van der Waals surface area contributed by atoms with Gasteiger partial charge in [-0.15, -0.1) is 16.6 Å². The number of ether oxygens (including phenoxy) is 1. The fourth-order valence-corrected chi connectivity index (χ4v) is 12.0. The number of aliphatic hydroxyl groups is 1. The van der Waals surface area contributed by atoms with Crippen molar-refractivity contribution < 1.29 is 39.2 Å². The number of aromatic amines is 1. The SMILES string of the molecule is C#Cc1ccc(CNC(=O)[C@@H]2C[C@@H](O)CN2C(=O)[C@@H](NC(=O)N2CC3(CC(N4CCC(c5cnc(N6CCc7[nH]c8nnc(-c9ccccc9O)cc8c7[C@H]6C)nc5)CC4)C3)C2)C(C)(C)CCOCC(=O)O)cc1. The third kappa shape index (κ3) is 10.2. The third-order valence-corrected chi connectivity index (χ3v) is 16.3. The number of β-amino-alcohol motifs (C(OH)–C–C–N with tert-alkyl or cyclic N) is 1. The van der Waals surface area contributed by atoms with Crippen molar-refractivity contribution in [3.63, 3.8) is 0 Å². The molecule has 0 unspecified atom stereocenters. The first kappa shape index (κ1) is 50.4. The van der Waals surface area contributed by atoms with Crippen LogP contribution in [-0.2, 0) is 32.1 Å². The van der Waals surface area contributed by atoms with Crippen molar-refractivity contribution in [3.8, 4) is 29.4 Å². The van der Waals surface area contributed by atoms with E-state index in [0.29, 0.717) is 47.8 Å². The van der Waals surface area contributed by atoms with Crippen LogP contribution in [0.3, 0.4) is 0 Å². The highest BCUT2D eigenvalue weighted by molar-refractivity contribution is 5.93. The molecule has 19 nitrogen and oxygen atoms in total. The number of carbonyl (C=O) groups is 4. The topological polar surface area (TPSA) is 243 Å². The first-order valence-electron chi connectivity index (χ1n) is 25.7. The number of aliphatic hydroxyl groups excluding tert-OH is 1. The summed E-state index contributed by atoms with van der Waals surface area (Å²) in [6.07, 6.45) is 13.6. The van der Waals surface area contributed by atoms with Crippen molar-refractivity contribution in [3.05, 3.63) is 94.9 Å². The molecule has 388 valence electrons. The number of H-pyrrole nitrogens is 1. The number of amides is 4. The minimum Gasteiger partial charge on any atom is -0.507 e. The number of nitrogens with zero attached hydrogens (tertiary/aromatic N) is 8. The highest BCUT2D eigenvalue weighted by Crippen LogP contribution is 2.51. The second-order valence-electron chi connectivity index (χ2n) is 21.7. The van der Waals surface area contributed by atoms with Crippen molar-refractivity contribution in [2.24, 2.45) is 10.8 Å². The number of phenolic OH excluding ortho intramolecular Hbond substituents is 1. The number of aliphatic carboxylic acids is 1. The van der Waals surface area contributed by atoms with Crippen LogP contribution >= 0.6 is 0 Å². The number of hydrogen-bond donors (Lipinski definition) is 6. The van der Waals surface area contributed by atoms with Gasteiger partial charge in [0.1, 0.15) is 24.4 Å². The van der Waals surface area contributed by atoms with Gasteiger partial charge in [0.25, 0.3) is 0 Å². The Morgan fingerprint density at radius 2 is 1.74 bits per heavy atom. The molecule has 4 amide bonds. The summed E-state index contributed by atoms with van der Waals surface area (Å²) < 4.78 is 5.35. The van der Waals surface area contributed by atoms with E-state index >= 15 is 0 Å². The van der Waals surface area contributed by atoms with E-state index in [1.807, 2.05) is 56.6 Å². The number of urea groups is 1. The molecule has 0 radical (unpaired) electrons. The number of piperidine rings is 1. The molecule has 2 aromatic carbocycles. The molecular formula is C55H65N11O8. The minimum absolute atomic E-state index is 0.0102. The number of para-hydroxylation sites is 1. The van der Waals surface area contributed by atoms with Crippen LogP contribution in [0.25, 0.3) is 22.3 Å². The van der Waals surface area contributed by atoms with Gasteiger partial charge in [0.2, 0.25) is 17.8 Å². The minimum atomic E-state index is -1.11. The normalized spacial score (nSPS) is 21.4. The lowest BCUT2D eigenvalue weighted by Gasteiger charge is -2.61. The van der Waals surface area contributed by atoms with Crippen molar-refractivity contribution in [2.45, 2.75) is 108 Å². The molecule has 3 saturated heterocycles. The number of phenols is 1. The van der Waals surface area contributed by atoms with Crippen LogP contribution in [0.15, 0.2) is 67.0 Å². The monoisotopic (exact) mass is 1010 g/mol. The molecule has 19 heteroatoms. The Kier molecular flexibility index (Phi) is 14.1. The second-order valence-corrected chi connectivity index (χ2v) is 21.7. The maximum absolute atomic E-state index is 14.6. The lowest BCUT2D eigenvalue weighted by atomic mass is 9.60. The zero-order valence-corrected chi connectivity index (χ0v) is 42.2. The van der Waals surface area contributed by atoms with E-state index < -0.39 is 48.0 Å². The highest BCUT2D eigenvalue weighted by Gasteiger charge is 2.56. The lowest BCUT2D eigenvalue weighted by Crippen LogP contribution is -2.70. The molecular weight excluding hydrogens is 943 g/mol. The molecule has 4 fully saturated rings. The van der Waals surface area contributed by atoms with Crippen LogP contribution < -0.4 is 15.5 Å². The maximum atomic E-state index is 14.6. The Bertz CT molecular complexity index is 2930. The largest absolute Gasteiger partial charge is 0.507 e. The van der Waals surface area contributed by atoms with E-state index in [2.05, 4.69) is 48.5 Å². The standard InChI is InChI=1S/C55H65N11O8/c1-5-34-10-12-35(13-11-34)26-56-50(71)44-22-39(67)29-66(44)51(72)48(54(3,4)17-21-74-30-46(69)70)60-53(73)64-31-55(32-64)24-38(25-55)63-18-14-36(15-19-63)37-27-57-52(58-28-37)65-20-16-42-47(33(65)2)41-23-43(61-62-49(41)59-42)40-8-6-7-9-45(40)68/h1,6-13,23,27-28,33,36,38-39,44,48,67-68H,14-22,24-26,29-32H2,2-4H3,(H,56,71)(H,59,62)(H,60,73)(H,69,70)/t33-,39-,44+,48-/m1/s1. The maximum Gasteiger partial charge on any atom is 0.329 e. The summed E-state index contributed by atoms with van der Waals surface area (Å²) in [5.74, 6) is 1.74. The first-order chi connectivity index (χ1) is 35.6. The number of likely N-dealkylation sites (tertiary alicyclic amines) is 3. The van der Waals surface area contributed by atoms with Gasteiger partial charge >= 0.3 is 12.0 Å². The Morgan fingerprint density at radius 1 is 1.01 bits per heavy atom. The number of carboxylic acid groups (broad SMARTS) is 1. The molecule has 6 N–H and O–H groups in total. The van der Waals surface area contributed by atoms with Crippen LogP contribution in [0.2, 0.25) is 0 Å². The van der Waals surface area contributed by atoms with Crippen molar-refractivity contribution in [1.82, 2.24) is 50.5 Å². The number of terminal acetylenes is 1. The molecule has 0 bridgehead atoms. The zero-order chi connectivity index (χ0) is 51.9. The summed E-state index contributed by atoms with van der Waals surface area (Å²) in [5.41, 5.74) is 6.02. The summed E-state index contributed by atoms with van der Waals surface area (Å²) in [7, 11) is 0. The van der Waals surface area contributed by atoms with Crippen LogP contribution in [-0.4, -0.2) is 156 Å². The second kappa shape index (κ2) is 20.6. The number of hydrogen-bond acceptors (Lipinski definition) is 13. The number of carbonyl (C=O) groups excluding carboxylic acids is 3. The fourth-order valence-electron chi connectivity index (χ4n) is 12.0. The number of nitrogens with one attached hydrogen (secondary N) is 3. The number of fused-ring (bicyclic) bond motifs is 3. The van der Waals surface area contributed by atoms with Crippen LogP contribution in [0.4, 0.5) is 10.7 Å². The van der Waals surface area contributed by atoms with E-state index in [1.54, 1.807) is 29.2 Å². The number of rotatable bonds is 15. The van der Waals surface area contributed by atoms with Crippen LogP contribution in [0.1, 0.15) is 99.2 Å². The van der Waals surface area contributed by atoms with E-state index in [4.69, 9.17) is 26.2 Å². The van der Waals surface area contributed by atoms with Gasteiger partial charge in [-0.25, -0.2) is 19.6 Å². The number of anilines is 1. The Balaban J connectivity index is 0.717. The lowest BCUT2D eigenvalue weighted by molar-refractivity contribution is -0.144. The van der Waals surface area contributed by atoms with Gasteiger partial charge in [-0.3, -0.25) is 9.59 Å². The molecule has 1 spiro atoms. The van der Waals surface area contributed by atoms with E-state index in [-0.39, 0.29) is 55.8 Å². The molecule has 7 heterocycles. The molecule has 1 saturated carbocycles. The summed E-state index contributed by atoms with van der Waals surface area (Å²) in [4.78, 5) is 74.6. The van der Waals surface area contributed by atoms with Gasteiger partial charge in [0, 0.05) is 104 Å². The predicted octanol–water partition coefficient (Wildman–Crippen LogP) is 4.74. The van der Waals surface area contributed by atoms with E-state index in [0.717, 1.165) is 85.2 Å². The quantitative estimate of drug-likeness (QED) is 0.0614. The summed E-state index contributed by atoms with van der Waals surface area (Å²) in [5, 5.41) is 46.1. The molecule has 3 aromatic heterocycles. The van der Waals surface area contributed by atoms with Crippen LogP contribution in [0.5, 0.6) is 5.75 Å². The summed E-state index contributed by atoms with van der Waals surface area (Å²) in [6, 6.07) is 14.3. The smallest absolute Gasteiger partial charge is 0.329 e. The van der Waals surface area contributed by atoms with Crippen molar-refractivity contribution in [2.75, 3.05) is 57.4 Å². The molecule has 4 atom stereocenters. The molecule has 5 aromatic rings. The molecule has 5 aliphatic rings.